The molecule has 3 heteroatoms. The predicted molar refractivity (Wildman–Crippen MR) is 76.8 cm³/mol. The van der Waals surface area contributed by atoms with Crippen LogP contribution in [0.3, 0.4) is 0 Å². The van der Waals surface area contributed by atoms with Crippen molar-refractivity contribution < 1.29 is 5.11 Å². The summed E-state index contributed by atoms with van der Waals surface area (Å²) in [6, 6.07) is 10.0. The largest absolute Gasteiger partial charge is 0.387 e. The van der Waals surface area contributed by atoms with Crippen molar-refractivity contribution in [1.82, 2.24) is 10.3 Å². The number of pyridine rings is 1. The molecule has 0 aliphatic carbocycles. The molecule has 0 saturated carbocycles. The molecule has 1 atom stereocenters. The van der Waals surface area contributed by atoms with Gasteiger partial charge in [-0.2, -0.15) is 0 Å². The van der Waals surface area contributed by atoms with Crippen LogP contribution < -0.4 is 5.32 Å². The van der Waals surface area contributed by atoms with Crippen LogP contribution in [0.1, 0.15) is 28.4 Å². The van der Waals surface area contributed by atoms with Crippen LogP contribution in [0.15, 0.2) is 42.7 Å². The van der Waals surface area contributed by atoms with Gasteiger partial charge in [0, 0.05) is 25.5 Å². The van der Waals surface area contributed by atoms with E-state index in [1.165, 1.54) is 11.1 Å². The molecule has 100 valence electrons. The Morgan fingerprint density at radius 3 is 2.74 bits per heavy atom. The van der Waals surface area contributed by atoms with Crippen LogP contribution in [0.5, 0.6) is 0 Å². The van der Waals surface area contributed by atoms with E-state index < -0.39 is 6.10 Å². The highest BCUT2D eigenvalue weighted by Crippen LogP contribution is 2.16. The van der Waals surface area contributed by atoms with Gasteiger partial charge in [-0.15, -0.1) is 0 Å². The zero-order valence-electron chi connectivity index (χ0n) is 11.4. The van der Waals surface area contributed by atoms with Crippen molar-refractivity contribution in [3.8, 4) is 0 Å². The Balaban J connectivity index is 1.87. The molecule has 2 rings (SSSR count). The fraction of sp³-hybridized carbons (Fsp3) is 0.312. The topological polar surface area (TPSA) is 45.1 Å². The molecule has 1 unspecified atom stereocenters. The van der Waals surface area contributed by atoms with E-state index in [0.29, 0.717) is 6.54 Å². The lowest BCUT2D eigenvalue weighted by atomic mass is 10.0. The second kappa shape index (κ2) is 6.45. The number of nitrogens with zero attached hydrogens (tertiary/aromatic N) is 1. The van der Waals surface area contributed by atoms with E-state index >= 15 is 0 Å². The van der Waals surface area contributed by atoms with Gasteiger partial charge in [-0.1, -0.05) is 24.3 Å². The Kier molecular flexibility index (Phi) is 4.66. The van der Waals surface area contributed by atoms with Crippen molar-refractivity contribution in [3.63, 3.8) is 0 Å². The molecule has 3 nitrogen and oxygen atoms in total. The second-order valence-corrected chi connectivity index (χ2v) is 4.85. The van der Waals surface area contributed by atoms with E-state index in [-0.39, 0.29) is 0 Å². The van der Waals surface area contributed by atoms with Crippen molar-refractivity contribution in [2.75, 3.05) is 6.54 Å². The number of aromatic nitrogens is 1. The Morgan fingerprint density at radius 1 is 1.21 bits per heavy atom. The summed E-state index contributed by atoms with van der Waals surface area (Å²) in [4.78, 5) is 4.06. The molecule has 0 spiro atoms. The highest BCUT2D eigenvalue weighted by atomic mass is 16.3. The third kappa shape index (κ3) is 3.88. The normalized spacial score (nSPS) is 12.4. The van der Waals surface area contributed by atoms with Crippen LogP contribution in [0.4, 0.5) is 0 Å². The zero-order chi connectivity index (χ0) is 13.7. The average molecular weight is 256 g/mol. The van der Waals surface area contributed by atoms with Crippen molar-refractivity contribution >= 4 is 0 Å². The van der Waals surface area contributed by atoms with E-state index in [1.807, 2.05) is 30.5 Å². The van der Waals surface area contributed by atoms with E-state index in [4.69, 9.17) is 0 Å². The van der Waals surface area contributed by atoms with Gasteiger partial charge in [-0.25, -0.2) is 0 Å². The van der Waals surface area contributed by atoms with Gasteiger partial charge in [-0.3, -0.25) is 4.98 Å². The molecular weight excluding hydrogens is 236 g/mol. The average Bonchev–Trinajstić information content (AvgIpc) is 2.43. The monoisotopic (exact) mass is 256 g/mol. The Labute approximate surface area is 114 Å². The molecule has 1 aromatic carbocycles. The summed E-state index contributed by atoms with van der Waals surface area (Å²) in [6.07, 6.45) is 3.11. The van der Waals surface area contributed by atoms with Crippen molar-refractivity contribution in [3.05, 3.63) is 65.0 Å². The number of aliphatic hydroxyl groups is 1. The summed E-state index contributed by atoms with van der Waals surface area (Å²) in [7, 11) is 0. The molecule has 1 heterocycles. The number of aryl methyl sites for hydroxylation is 2. The number of hydrogen-bond donors (Lipinski definition) is 2. The van der Waals surface area contributed by atoms with Crippen LogP contribution in [0.2, 0.25) is 0 Å². The lowest BCUT2D eigenvalue weighted by Gasteiger charge is -2.13. The highest BCUT2D eigenvalue weighted by Gasteiger charge is 2.07. The molecule has 0 amide bonds. The fourth-order valence-electron chi connectivity index (χ4n) is 1.95. The summed E-state index contributed by atoms with van der Waals surface area (Å²) in [5, 5.41) is 13.4. The van der Waals surface area contributed by atoms with E-state index in [0.717, 1.165) is 17.7 Å². The van der Waals surface area contributed by atoms with Gasteiger partial charge in [0.05, 0.1) is 6.10 Å². The minimum atomic E-state index is -0.476. The maximum absolute atomic E-state index is 10.1. The molecule has 0 fully saturated rings. The predicted octanol–water partition coefficient (Wildman–Crippen LogP) is 2.52. The molecule has 2 N–H and O–H groups in total. The minimum Gasteiger partial charge on any atom is -0.387 e. The zero-order valence-corrected chi connectivity index (χ0v) is 11.4. The number of hydrogen-bond acceptors (Lipinski definition) is 3. The summed E-state index contributed by atoms with van der Waals surface area (Å²) in [5.41, 5.74) is 4.54. The van der Waals surface area contributed by atoms with Gasteiger partial charge in [-0.05, 0) is 42.2 Å². The van der Waals surface area contributed by atoms with Crippen molar-refractivity contribution in [1.29, 1.82) is 0 Å². The Morgan fingerprint density at radius 2 is 2.05 bits per heavy atom. The van der Waals surface area contributed by atoms with Gasteiger partial charge >= 0.3 is 0 Å². The van der Waals surface area contributed by atoms with Crippen LogP contribution in [-0.2, 0) is 6.54 Å². The number of aliphatic hydroxyl groups excluding tert-OH is 1. The fourth-order valence-corrected chi connectivity index (χ4v) is 1.95. The lowest BCUT2D eigenvalue weighted by molar-refractivity contribution is 0.174. The Hall–Kier alpha value is -1.71. The molecule has 0 radical (unpaired) electrons. The second-order valence-electron chi connectivity index (χ2n) is 4.85. The molecule has 0 bridgehead atoms. The van der Waals surface area contributed by atoms with Gasteiger partial charge in [0.25, 0.3) is 0 Å². The summed E-state index contributed by atoms with van der Waals surface area (Å²) < 4.78 is 0. The van der Waals surface area contributed by atoms with E-state index in [1.54, 1.807) is 6.20 Å². The maximum Gasteiger partial charge on any atom is 0.0914 e. The molecule has 2 aromatic rings. The first-order chi connectivity index (χ1) is 9.16. The quantitative estimate of drug-likeness (QED) is 0.864. The van der Waals surface area contributed by atoms with Gasteiger partial charge < -0.3 is 10.4 Å². The molecule has 0 aliphatic rings. The molecular formula is C16H20N2O. The smallest absolute Gasteiger partial charge is 0.0914 e. The van der Waals surface area contributed by atoms with Gasteiger partial charge in [0.2, 0.25) is 0 Å². The molecule has 19 heavy (non-hydrogen) atoms. The summed E-state index contributed by atoms with van der Waals surface area (Å²) in [5.74, 6) is 0. The minimum absolute atomic E-state index is 0.476. The van der Waals surface area contributed by atoms with E-state index in [2.05, 4.69) is 30.2 Å². The first kappa shape index (κ1) is 13.7. The third-order valence-corrected chi connectivity index (χ3v) is 3.31. The number of benzene rings is 1. The lowest BCUT2D eigenvalue weighted by Crippen LogP contribution is -2.21. The third-order valence-electron chi connectivity index (χ3n) is 3.31. The number of nitrogens with one attached hydrogen (secondary N) is 1. The summed E-state index contributed by atoms with van der Waals surface area (Å²) >= 11 is 0. The first-order valence-electron chi connectivity index (χ1n) is 6.51. The van der Waals surface area contributed by atoms with Crippen LogP contribution in [0.25, 0.3) is 0 Å². The van der Waals surface area contributed by atoms with Gasteiger partial charge in [0.1, 0.15) is 0 Å². The van der Waals surface area contributed by atoms with Gasteiger partial charge in [0.15, 0.2) is 0 Å². The molecule has 0 aliphatic heterocycles. The number of rotatable bonds is 5. The molecule has 1 aromatic heterocycles. The molecule has 0 saturated heterocycles. The van der Waals surface area contributed by atoms with E-state index in [9.17, 15) is 5.11 Å². The SMILES string of the molecule is Cc1ccc(C(O)CNCc2cccnc2)cc1C. The van der Waals surface area contributed by atoms with Crippen LogP contribution in [-0.4, -0.2) is 16.6 Å². The summed E-state index contributed by atoms with van der Waals surface area (Å²) in [6.45, 7) is 5.40. The van der Waals surface area contributed by atoms with Crippen LogP contribution >= 0.6 is 0 Å². The first-order valence-corrected chi connectivity index (χ1v) is 6.51. The Bertz CT molecular complexity index is 526. The standard InChI is InChI=1S/C16H20N2O/c1-12-5-6-15(8-13(12)2)16(19)11-18-10-14-4-3-7-17-9-14/h3-9,16,18-19H,10-11H2,1-2H3. The van der Waals surface area contributed by atoms with Crippen molar-refractivity contribution in [2.45, 2.75) is 26.5 Å². The van der Waals surface area contributed by atoms with Crippen molar-refractivity contribution in [2.24, 2.45) is 0 Å². The maximum atomic E-state index is 10.1. The van der Waals surface area contributed by atoms with Crippen LogP contribution in [0, 0.1) is 13.8 Å². The highest BCUT2D eigenvalue weighted by molar-refractivity contribution is 5.31.